The Bertz CT molecular complexity index is 869. The average Bonchev–Trinajstić information content (AvgIpc) is 3.02. The number of thioether (sulfide) groups is 1. The van der Waals surface area contributed by atoms with Gasteiger partial charge in [0.2, 0.25) is 0 Å². The van der Waals surface area contributed by atoms with E-state index >= 15 is 0 Å². The molecule has 1 N–H and O–H groups in total. The summed E-state index contributed by atoms with van der Waals surface area (Å²) in [4.78, 5) is 16.5. The van der Waals surface area contributed by atoms with Crippen LogP contribution in [0.2, 0.25) is 0 Å². The second kappa shape index (κ2) is 7.51. The molecule has 0 unspecified atom stereocenters. The smallest absolute Gasteiger partial charge is 0.313 e. The first-order valence-corrected chi connectivity index (χ1v) is 9.03. The van der Waals surface area contributed by atoms with E-state index in [2.05, 4.69) is 4.98 Å². The maximum absolute atomic E-state index is 11.0. The zero-order valence-corrected chi connectivity index (χ0v) is 14.6. The van der Waals surface area contributed by atoms with E-state index in [1.165, 1.54) is 11.8 Å². The number of ether oxygens (including phenoxy) is 1. The summed E-state index contributed by atoms with van der Waals surface area (Å²) in [5.74, 6) is -0.129. The normalized spacial score (nSPS) is 11.6. The lowest BCUT2D eigenvalue weighted by molar-refractivity contribution is -0.133. The van der Waals surface area contributed by atoms with Crippen LogP contribution in [-0.4, -0.2) is 28.9 Å². The van der Waals surface area contributed by atoms with Crippen molar-refractivity contribution in [3.63, 3.8) is 0 Å². The lowest BCUT2D eigenvalue weighted by atomic mass is 10.2. The van der Waals surface area contributed by atoms with Gasteiger partial charge in [0.15, 0.2) is 0 Å². The first kappa shape index (κ1) is 16.5. The lowest BCUT2D eigenvalue weighted by Crippen LogP contribution is -1.98. The Kier molecular flexibility index (Phi) is 5.17. The van der Waals surface area contributed by atoms with E-state index in [-0.39, 0.29) is 5.75 Å². The highest BCUT2D eigenvalue weighted by atomic mass is 32.2. The SMILES string of the molecule is COc1ccccc1/C=C(\SCC(=O)O)c1nc2ccccc2s1. The van der Waals surface area contributed by atoms with Gasteiger partial charge in [0, 0.05) is 10.5 Å². The molecule has 122 valence electrons. The van der Waals surface area contributed by atoms with Crippen LogP contribution in [-0.2, 0) is 4.79 Å². The minimum Gasteiger partial charge on any atom is -0.496 e. The van der Waals surface area contributed by atoms with Crippen molar-refractivity contribution >= 4 is 50.3 Å². The number of aliphatic carboxylic acids is 1. The fraction of sp³-hybridized carbons (Fsp3) is 0.111. The van der Waals surface area contributed by atoms with Crippen molar-refractivity contribution in [2.24, 2.45) is 0 Å². The molecule has 0 aliphatic heterocycles. The third kappa shape index (κ3) is 3.77. The van der Waals surface area contributed by atoms with Gasteiger partial charge in [0.05, 0.1) is 23.1 Å². The van der Waals surface area contributed by atoms with Gasteiger partial charge in [0.25, 0.3) is 0 Å². The highest BCUT2D eigenvalue weighted by Crippen LogP contribution is 2.36. The van der Waals surface area contributed by atoms with Crippen LogP contribution in [0.25, 0.3) is 21.2 Å². The van der Waals surface area contributed by atoms with E-state index in [1.54, 1.807) is 18.4 Å². The quantitative estimate of drug-likeness (QED) is 0.697. The van der Waals surface area contributed by atoms with Gasteiger partial charge >= 0.3 is 5.97 Å². The summed E-state index contributed by atoms with van der Waals surface area (Å²) in [7, 11) is 1.62. The van der Waals surface area contributed by atoms with Gasteiger partial charge in [-0.25, -0.2) is 4.98 Å². The number of fused-ring (bicyclic) bond motifs is 1. The van der Waals surface area contributed by atoms with Gasteiger partial charge in [-0.15, -0.1) is 23.1 Å². The largest absolute Gasteiger partial charge is 0.496 e. The number of carbonyl (C=O) groups is 1. The molecule has 0 fully saturated rings. The molecule has 0 aliphatic rings. The zero-order valence-electron chi connectivity index (χ0n) is 12.9. The van der Waals surface area contributed by atoms with E-state index in [9.17, 15) is 4.79 Å². The molecule has 3 rings (SSSR count). The number of methoxy groups -OCH3 is 1. The van der Waals surface area contributed by atoms with E-state index < -0.39 is 5.97 Å². The fourth-order valence-corrected chi connectivity index (χ4v) is 4.05. The number of hydrogen-bond donors (Lipinski definition) is 1. The number of para-hydroxylation sites is 2. The molecule has 6 heteroatoms. The third-order valence-corrected chi connectivity index (χ3v) is 5.49. The number of nitrogens with zero attached hydrogens (tertiary/aromatic N) is 1. The molecule has 3 aromatic rings. The Balaban J connectivity index is 2.05. The van der Waals surface area contributed by atoms with Crippen molar-refractivity contribution in [3.05, 3.63) is 59.1 Å². The van der Waals surface area contributed by atoms with Gasteiger partial charge in [-0.2, -0.15) is 0 Å². The van der Waals surface area contributed by atoms with Crippen molar-refractivity contribution < 1.29 is 14.6 Å². The number of aromatic nitrogens is 1. The van der Waals surface area contributed by atoms with Crippen molar-refractivity contribution in [2.75, 3.05) is 12.9 Å². The molecule has 2 aromatic carbocycles. The molecule has 1 heterocycles. The Morgan fingerprint density at radius 1 is 1.25 bits per heavy atom. The minimum atomic E-state index is -0.855. The third-order valence-electron chi connectivity index (χ3n) is 3.28. The van der Waals surface area contributed by atoms with E-state index in [0.29, 0.717) is 0 Å². The molecule has 0 atom stereocenters. The summed E-state index contributed by atoms with van der Waals surface area (Å²) in [6.45, 7) is 0. The molecule has 0 amide bonds. The van der Waals surface area contributed by atoms with Crippen LogP contribution in [0, 0.1) is 0 Å². The number of rotatable bonds is 6. The molecule has 24 heavy (non-hydrogen) atoms. The second-order valence-electron chi connectivity index (χ2n) is 4.92. The van der Waals surface area contributed by atoms with Crippen LogP contribution < -0.4 is 4.74 Å². The molecule has 4 nitrogen and oxygen atoms in total. The fourth-order valence-electron chi connectivity index (χ4n) is 2.21. The van der Waals surface area contributed by atoms with Crippen molar-refractivity contribution in [1.82, 2.24) is 4.98 Å². The maximum atomic E-state index is 11.0. The lowest BCUT2D eigenvalue weighted by Gasteiger charge is -2.06. The highest BCUT2D eigenvalue weighted by molar-refractivity contribution is 8.09. The van der Waals surface area contributed by atoms with Crippen LogP contribution in [0.1, 0.15) is 10.6 Å². The first-order valence-electron chi connectivity index (χ1n) is 7.22. The minimum absolute atomic E-state index is 0.0170. The van der Waals surface area contributed by atoms with Crippen molar-refractivity contribution in [2.45, 2.75) is 0 Å². The first-order chi connectivity index (χ1) is 11.7. The van der Waals surface area contributed by atoms with Gasteiger partial charge in [0.1, 0.15) is 10.8 Å². The number of carboxylic acids is 1. The Labute approximate surface area is 147 Å². The molecule has 0 radical (unpaired) electrons. The Morgan fingerprint density at radius 3 is 2.75 bits per heavy atom. The molecule has 1 aromatic heterocycles. The topological polar surface area (TPSA) is 59.4 Å². The molecule has 0 spiro atoms. The second-order valence-corrected chi connectivity index (χ2v) is 6.97. The van der Waals surface area contributed by atoms with Crippen LogP contribution >= 0.6 is 23.1 Å². The van der Waals surface area contributed by atoms with E-state index in [0.717, 1.165) is 31.4 Å². The monoisotopic (exact) mass is 357 g/mol. The highest BCUT2D eigenvalue weighted by Gasteiger charge is 2.12. The number of carboxylic acid groups (broad SMARTS) is 1. The Morgan fingerprint density at radius 2 is 2.00 bits per heavy atom. The molecule has 0 aliphatic carbocycles. The van der Waals surface area contributed by atoms with Crippen LogP contribution in [0.3, 0.4) is 0 Å². The van der Waals surface area contributed by atoms with Crippen molar-refractivity contribution in [3.8, 4) is 5.75 Å². The van der Waals surface area contributed by atoms with Gasteiger partial charge in [-0.3, -0.25) is 4.79 Å². The summed E-state index contributed by atoms with van der Waals surface area (Å²) < 4.78 is 6.46. The van der Waals surface area contributed by atoms with E-state index in [4.69, 9.17) is 9.84 Å². The van der Waals surface area contributed by atoms with Crippen LogP contribution in [0.15, 0.2) is 48.5 Å². The standard InChI is InChI=1S/C18H15NO3S2/c1-22-14-8-4-2-6-12(14)10-16(23-11-17(20)21)18-19-13-7-3-5-9-15(13)24-18/h2-10H,11H2,1H3,(H,20,21)/b16-10-. The number of thiazole rings is 1. The predicted molar refractivity (Wildman–Crippen MR) is 101 cm³/mol. The molecule has 0 saturated carbocycles. The summed E-state index contributed by atoms with van der Waals surface area (Å²) in [6, 6.07) is 15.5. The maximum Gasteiger partial charge on any atom is 0.313 e. The summed E-state index contributed by atoms with van der Waals surface area (Å²) >= 11 is 2.82. The molecule has 0 bridgehead atoms. The van der Waals surface area contributed by atoms with Gasteiger partial charge in [-0.05, 0) is 24.3 Å². The number of benzene rings is 2. The van der Waals surface area contributed by atoms with Crippen molar-refractivity contribution in [1.29, 1.82) is 0 Å². The average molecular weight is 357 g/mol. The summed E-state index contributed by atoms with van der Waals surface area (Å²) in [5.41, 5.74) is 1.81. The van der Waals surface area contributed by atoms with E-state index in [1.807, 2.05) is 54.6 Å². The van der Waals surface area contributed by atoms with Gasteiger partial charge < -0.3 is 9.84 Å². The van der Waals surface area contributed by atoms with Crippen LogP contribution in [0.5, 0.6) is 5.75 Å². The summed E-state index contributed by atoms with van der Waals surface area (Å²) in [6.07, 6.45) is 1.93. The predicted octanol–water partition coefficient (Wildman–Crippen LogP) is 4.62. The number of hydrogen-bond acceptors (Lipinski definition) is 5. The Hall–Kier alpha value is -2.31. The summed E-state index contributed by atoms with van der Waals surface area (Å²) in [5, 5.41) is 9.84. The zero-order chi connectivity index (χ0) is 16.9. The van der Waals surface area contributed by atoms with Gasteiger partial charge in [-0.1, -0.05) is 30.3 Å². The molecular weight excluding hydrogens is 342 g/mol. The molecular formula is C18H15NO3S2. The van der Waals surface area contributed by atoms with Crippen LogP contribution in [0.4, 0.5) is 0 Å². The molecule has 0 saturated heterocycles.